The van der Waals surface area contributed by atoms with E-state index in [4.69, 9.17) is 27.9 Å². The molecule has 9 heteroatoms. The van der Waals surface area contributed by atoms with E-state index in [1.54, 1.807) is 36.4 Å². The molecule has 2 heterocycles. The molecule has 2 N–H and O–H groups in total. The Hall–Kier alpha value is -3.13. The summed E-state index contributed by atoms with van der Waals surface area (Å²) in [7, 11) is 0. The quantitative estimate of drug-likeness (QED) is 0.350. The number of nitrogens with one attached hydrogen (secondary N) is 2. The largest absolute Gasteiger partial charge is 0.486 e. The van der Waals surface area contributed by atoms with E-state index in [-0.39, 0.29) is 21.6 Å². The maximum Gasteiger partial charge on any atom is 0.256 e. The van der Waals surface area contributed by atoms with Crippen LogP contribution < -0.4 is 15.4 Å². The van der Waals surface area contributed by atoms with Crippen molar-refractivity contribution < 1.29 is 14.5 Å². The summed E-state index contributed by atoms with van der Waals surface area (Å²) >= 11 is 13.1. The van der Waals surface area contributed by atoms with Crippen LogP contribution in [-0.2, 0) is 16.9 Å². The highest BCUT2D eigenvalue weighted by Crippen LogP contribution is 2.50. The molecule has 5 rings (SSSR count). The van der Waals surface area contributed by atoms with E-state index >= 15 is 0 Å². The zero-order valence-corrected chi connectivity index (χ0v) is 20.6. The van der Waals surface area contributed by atoms with Gasteiger partial charge in [0.25, 0.3) is 11.9 Å². The first kappa shape index (κ1) is 23.6. The minimum atomic E-state index is -1.50. The van der Waals surface area contributed by atoms with Gasteiger partial charge in [-0.05, 0) is 43.2 Å². The minimum Gasteiger partial charge on any atom is -0.486 e. The number of hydrogen-bond donors (Lipinski definition) is 2. The number of nitro groups is 1. The van der Waals surface area contributed by atoms with Gasteiger partial charge in [0, 0.05) is 22.2 Å². The molecule has 1 fully saturated rings. The second-order valence-electron chi connectivity index (χ2n) is 9.08. The highest BCUT2D eigenvalue weighted by molar-refractivity contribution is 6.37. The number of benzene rings is 3. The first-order valence-electron chi connectivity index (χ1n) is 11.2. The van der Waals surface area contributed by atoms with Crippen molar-refractivity contribution in [2.75, 3.05) is 5.32 Å². The molecule has 0 saturated carbocycles. The van der Waals surface area contributed by atoms with Gasteiger partial charge >= 0.3 is 0 Å². The Labute approximate surface area is 212 Å². The molecule has 2 aliphatic heterocycles. The van der Waals surface area contributed by atoms with Crippen molar-refractivity contribution in [3.8, 4) is 5.75 Å². The molecular weight excluding hydrogens is 489 g/mol. The summed E-state index contributed by atoms with van der Waals surface area (Å²) in [6, 6.07) is 16.6. The van der Waals surface area contributed by atoms with Crippen molar-refractivity contribution >= 4 is 34.8 Å². The monoisotopic (exact) mass is 511 g/mol. The topological polar surface area (TPSA) is 93.5 Å². The molecule has 2 aliphatic rings. The smallest absolute Gasteiger partial charge is 0.256 e. The fraction of sp³-hybridized carbons (Fsp3) is 0.269. The van der Waals surface area contributed by atoms with E-state index in [2.05, 4.69) is 10.6 Å². The second kappa shape index (κ2) is 8.82. The average Bonchev–Trinajstić information content (AvgIpc) is 3.28. The van der Waals surface area contributed by atoms with Gasteiger partial charge in [0.2, 0.25) is 0 Å². The van der Waals surface area contributed by atoms with E-state index in [1.165, 1.54) is 0 Å². The van der Waals surface area contributed by atoms with Crippen LogP contribution in [0.4, 0.5) is 5.69 Å². The normalized spacial score (nSPS) is 24.9. The van der Waals surface area contributed by atoms with Crippen LogP contribution >= 0.6 is 23.2 Å². The minimum absolute atomic E-state index is 0.256. The molecule has 0 radical (unpaired) electrons. The molecule has 1 saturated heterocycles. The predicted octanol–water partition coefficient (Wildman–Crippen LogP) is 5.45. The lowest BCUT2D eigenvalue weighted by Crippen LogP contribution is -2.54. The van der Waals surface area contributed by atoms with Gasteiger partial charge in [0.05, 0.1) is 16.0 Å². The molecular formula is C26H23Cl2N3O4. The number of para-hydroxylation sites is 1. The fourth-order valence-corrected chi connectivity index (χ4v) is 5.92. The summed E-state index contributed by atoms with van der Waals surface area (Å²) in [5.41, 5.74) is 2.31. The Balaban J connectivity index is 1.50. The van der Waals surface area contributed by atoms with Gasteiger partial charge in [-0.25, -0.2) is 0 Å². The number of ether oxygens (including phenoxy) is 1. The van der Waals surface area contributed by atoms with Crippen LogP contribution in [-0.4, -0.2) is 22.9 Å². The standard InChI is InChI=1S/C26H23Cl2N3O4/c1-14-7-9-16(10-8-14)13-35-23-19(27)11-17(12-20(23)28)22-15(2)30-26(24(22)31(33)34)18-5-3-4-6-21(18)29-25(26)32/h3-12,15,22,24,30H,13H2,1-2H3,(H,29,32)/t15-,22-,24-,26+/m0/s1. The maximum absolute atomic E-state index is 13.2. The number of halogens is 2. The summed E-state index contributed by atoms with van der Waals surface area (Å²) < 4.78 is 5.89. The Morgan fingerprint density at radius 2 is 1.74 bits per heavy atom. The van der Waals surface area contributed by atoms with E-state index in [1.807, 2.05) is 38.1 Å². The van der Waals surface area contributed by atoms with Crippen molar-refractivity contribution in [1.82, 2.24) is 5.32 Å². The number of hydrogen-bond acceptors (Lipinski definition) is 5. The molecule has 0 bridgehead atoms. The fourth-order valence-electron chi connectivity index (χ4n) is 5.30. The van der Waals surface area contributed by atoms with Crippen LogP contribution in [0.5, 0.6) is 5.75 Å². The third-order valence-electron chi connectivity index (χ3n) is 6.87. The van der Waals surface area contributed by atoms with Gasteiger partial charge in [0.15, 0.2) is 11.3 Å². The SMILES string of the molecule is Cc1ccc(COc2c(Cl)cc([C@@H]3[C@H](C)N[C@@]4(C(=O)Nc5ccccc54)[C@H]3[N+](=O)[O-])cc2Cl)cc1. The van der Waals surface area contributed by atoms with E-state index in [9.17, 15) is 14.9 Å². The van der Waals surface area contributed by atoms with E-state index < -0.39 is 29.4 Å². The Kier molecular flexibility index (Phi) is 5.95. The van der Waals surface area contributed by atoms with Crippen LogP contribution in [0.25, 0.3) is 0 Å². The van der Waals surface area contributed by atoms with Crippen molar-refractivity contribution in [2.45, 2.75) is 44.0 Å². The van der Waals surface area contributed by atoms with Gasteiger partial charge in [-0.15, -0.1) is 0 Å². The van der Waals surface area contributed by atoms with Crippen molar-refractivity contribution in [3.05, 3.63) is 103 Å². The zero-order chi connectivity index (χ0) is 24.9. The number of carbonyl (C=O) groups excluding carboxylic acids is 1. The summed E-state index contributed by atoms with van der Waals surface area (Å²) in [5, 5.41) is 19.0. The molecule has 180 valence electrons. The Morgan fingerprint density at radius 1 is 1.09 bits per heavy atom. The summed E-state index contributed by atoms with van der Waals surface area (Å²) in [6.45, 7) is 4.11. The average molecular weight is 512 g/mol. The zero-order valence-electron chi connectivity index (χ0n) is 19.0. The van der Waals surface area contributed by atoms with Crippen LogP contribution in [0.3, 0.4) is 0 Å². The van der Waals surface area contributed by atoms with Crippen molar-refractivity contribution in [2.24, 2.45) is 0 Å². The molecule has 1 spiro atoms. The number of carbonyl (C=O) groups is 1. The summed E-state index contributed by atoms with van der Waals surface area (Å²) in [4.78, 5) is 25.3. The van der Waals surface area contributed by atoms with Crippen LogP contribution in [0, 0.1) is 17.0 Å². The van der Waals surface area contributed by atoms with Crippen LogP contribution in [0.2, 0.25) is 10.0 Å². The van der Waals surface area contributed by atoms with E-state index in [0.717, 1.165) is 11.1 Å². The molecule has 35 heavy (non-hydrogen) atoms. The summed E-state index contributed by atoms with van der Waals surface area (Å²) in [5.74, 6) is -0.791. The molecule has 1 amide bonds. The molecule has 0 unspecified atom stereocenters. The third kappa shape index (κ3) is 3.84. The van der Waals surface area contributed by atoms with Gasteiger partial charge in [-0.1, -0.05) is 71.2 Å². The van der Waals surface area contributed by atoms with Gasteiger partial charge in [-0.2, -0.15) is 0 Å². The van der Waals surface area contributed by atoms with Gasteiger partial charge in [-0.3, -0.25) is 20.2 Å². The van der Waals surface area contributed by atoms with Gasteiger partial charge < -0.3 is 10.1 Å². The van der Waals surface area contributed by atoms with Crippen LogP contribution in [0.15, 0.2) is 60.7 Å². The number of rotatable bonds is 5. The number of nitrogens with zero attached hydrogens (tertiary/aromatic N) is 1. The maximum atomic E-state index is 13.2. The molecule has 0 aliphatic carbocycles. The molecule has 3 aromatic carbocycles. The lowest BCUT2D eigenvalue weighted by Gasteiger charge is -2.25. The van der Waals surface area contributed by atoms with Crippen LogP contribution in [0.1, 0.15) is 35.1 Å². The Morgan fingerprint density at radius 3 is 2.40 bits per heavy atom. The highest BCUT2D eigenvalue weighted by atomic mass is 35.5. The molecule has 4 atom stereocenters. The van der Waals surface area contributed by atoms with Crippen molar-refractivity contribution in [3.63, 3.8) is 0 Å². The number of fused-ring (bicyclic) bond motifs is 2. The van der Waals surface area contributed by atoms with Crippen molar-refractivity contribution in [1.29, 1.82) is 0 Å². The second-order valence-corrected chi connectivity index (χ2v) is 9.90. The number of aryl methyl sites for hydroxylation is 1. The van der Waals surface area contributed by atoms with Gasteiger partial charge in [0.1, 0.15) is 6.61 Å². The Bertz CT molecular complexity index is 1310. The molecule has 7 nitrogen and oxygen atoms in total. The predicted molar refractivity (Wildman–Crippen MR) is 135 cm³/mol. The highest BCUT2D eigenvalue weighted by Gasteiger charge is 2.67. The first-order valence-corrected chi connectivity index (χ1v) is 12.0. The first-order chi connectivity index (χ1) is 16.7. The third-order valence-corrected chi connectivity index (χ3v) is 7.43. The lowest BCUT2D eigenvalue weighted by molar-refractivity contribution is -0.532. The number of anilines is 1. The molecule has 3 aromatic rings. The van der Waals surface area contributed by atoms with E-state index in [0.29, 0.717) is 22.6 Å². The number of amides is 1. The molecule has 0 aromatic heterocycles. The lowest BCUT2D eigenvalue weighted by atomic mass is 9.78. The summed E-state index contributed by atoms with van der Waals surface area (Å²) in [6.07, 6.45) is 0.